The highest BCUT2D eigenvalue weighted by molar-refractivity contribution is 8.01. The zero-order valence-corrected chi connectivity index (χ0v) is 14.7. The Balaban J connectivity index is 1.94. The molecule has 0 saturated heterocycles. The maximum Gasteiger partial charge on any atom is 0.266 e. The van der Waals surface area contributed by atoms with E-state index in [-0.39, 0.29) is 5.91 Å². The van der Waals surface area contributed by atoms with E-state index >= 15 is 0 Å². The van der Waals surface area contributed by atoms with Crippen molar-refractivity contribution >= 4 is 34.1 Å². The molecule has 2 aromatic rings. The van der Waals surface area contributed by atoms with Crippen LogP contribution in [0.25, 0.3) is 0 Å². The minimum atomic E-state index is -0.615. The topological polar surface area (TPSA) is 64.1 Å². The Bertz CT molecular complexity index is 673. The molecule has 0 fully saturated rings. The third-order valence-electron chi connectivity index (χ3n) is 2.99. The number of ether oxygens (including phenoxy) is 1. The van der Waals surface area contributed by atoms with Gasteiger partial charge in [0.1, 0.15) is 5.75 Å². The third-order valence-corrected chi connectivity index (χ3v) is 4.96. The lowest BCUT2D eigenvalue weighted by Crippen LogP contribution is -2.30. The van der Waals surface area contributed by atoms with Crippen LogP contribution in [0.3, 0.4) is 0 Å². The van der Waals surface area contributed by atoms with E-state index in [1.54, 1.807) is 13.0 Å². The molecule has 1 aromatic heterocycles. The van der Waals surface area contributed by atoms with Gasteiger partial charge in [0.25, 0.3) is 5.91 Å². The summed E-state index contributed by atoms with van der Waals surface area (Å²) in [7, 11) is 0. The molecule has 0 bridgehead atoms. The zero-order chi connectivity index (χ0) is 16.7. The number of nitrogens with zero attached hydrogens (tertiary/aromatic N) is 2. The molecular weight excluding hydrogens is 330 g/mol. The summed E-state index contributed by atoms with van der Waals surface area (Å²) in [6.45, 7) is 7.43. The van der Waals surface area contributed by atoms with Crippen molar-refractivity contribution in [2.45, 2.75) is 30.7 Å². The van der Waals surface area contributed by atoms with Crippen LogP contribution in [0.4, 0.5) is 5.13 Å². The van der Waals surface area contributed by atoms with Gasteiger partial charge in [0.2, 0.25) is 5.13 Å². The molecule has 0 spiro atoms. The molecule has 2 rings (SSSR count). The average Bonchev–Trinajstić information content (AvgIpc) is 3.00. The minimum Gasteiger partial charge on any atom is -0.481 e. The summed E-state index contributed by atoms with van der Waals surface area (Å²) in [6, 6.07) is 7.72. The summed E-state index contributed by atoms with van der Waals surface area (Å²) in [6.07, 6.45) is 2.03. The normalized spacial score (nSPS) is 11.7. The van der Waals surface area contributed by atoms with Crippen molar-refractivity contribution in [2.75, 3.05) is 11.1 Å². The third kappa shape index (κ3) is 5.07. The number of aryl methyl sites for hydroxylation is 1. The van der Waals surface area contributed by atoms with Gasteiger partial charge in [-0.05, 0) is 25.0 Å². The number of anilines is 1. The second-order valence-corrected chi connectivity index (χ2v) is 6.93. The molecule has 1 aromatic carbocycles. The van der Waals surface area contributed by atoms with Gasteiger partial charge in [0, 0.05) is 5.75 Å². The van der Waals surface area contributed by atoms with Gasteiger partial charge < -0.3 is 4.74 Å². The van der Waals surface area contributed by atoms with Crippen LogP contribution >= 0.6 is 23.1 Å². The second kappa shape index (κ2) is 8.69. The van der Waals surface area contributed by atoms with Crippen LogP contribution in [0.15, 0.2) is 41.3 Å². The van der Waals surface area contributed by atoms with Crippen LogP contribution in [0.2, 0.25) is 0 Å². The predicted molar refractivity (Wildman–Crippen MR) is 95.4 cm³/mol. The molecule has 1 heterocycles. The lowest BCUT2D eigenvalue weighted by molar-refractivity contribution is -0.122. The van der Waals surface area contributed by atoms with Gasteiger partial charge in [-0.3, -0.25) is 10.1 Å². The monoisotopic (exact) mass is 349 g/mol. The van der Waals surface area contributed by atoms with Crippen molar-refractivity contribution in [3.63, 3.8) is 0 Å². The van der Waals surface area contributed by atoms with Crippen LogP contribution in [-0.2, 0) is 11.2 Å². The minimum absolute atomic E-state index is 0.243. The first-order valence-corrected chi connectivity index (χ1v) is 9.06. The number of carbonyl (C=O) groups is 1. The van der Waals surface area contributed by atoms with Gasteiger partial charge in [-0.1, -0.05) is 54.3 Å². The van der Waals surface area contributed by atoms with Crippen LogP contribution < -0.4 is 10.1 Å². The number of nitrogens with one attached hydrogen (secondary N) is 1. The lowest BCUT2D eigenvalue weighted by atomic mass is 10.1. The number of hydrogen-bond acceptors (Lipinski definition) is 6. The Morgan fingerprint density at radius 2 is 2.26 bits per heavy atom. The average molecular weight is 349 g/mol. The molecule has 5 nitrogen and oxygen atoms in total. The van der Waals surface area contributed by atoms with Gasteiger partial charge in [-0.2, -0.15) is 0 Å². The lowest BCUT2D eigenvalue weighted by Gasteiger charge is -2.15. The Kier molecular flexibility index (Phi) is 6.61. The fraction of sp³-hybridized carbons (Fsp3) is 0.312. The predicted octanol–water partition coefficient (Wildman–Crippen LogP) is 3.78. The quantitative estimate of drug-likeness (QED) is 0.446. The van der Waals surface area contributed by atoms with Crippen LogP contribution in [0.1, 0.15) is 19.4 Å². The number of rotatable bonds is 8. The van der Waals surface area contributed by atoms with Crippen LogP contribution in [0, 0.1) is 0 Å². The fourth-order valence-corrected chi connectivity index (χ4v) is 3.33. The van der Waals surface area contributed by atoms with Gasteiger partial charge in [0.05, 0.1) is 0 Å². The molecular formula is C16H19N3O2S2. The first-order chi connectivity index (χ1) is 11.1. The van der Waals surface area contributed by atoms with Crippen molar-refractivity contribution in [2.24, 2.45) is 0 Å². The molecule has 0 aliphatic carbocycles. The summed E-state index contributed by atoms with van der Waals surface area (Å²) < 4.78 is 6.56. The van der Waals surface area contributed by atoms with E-state index in [0.717, 1.165) is 27.8 Å². The summed E-state index contributed by atoms with van der Waals surface area (Å²) in [5.74, 6) is 1.25. The van der Waals surface area contributed by atoms with Crippen molar-refractivity contribution in [3.8, 4) is 5.75 Å². The SMILES string of the molecule is C=CCSc1nnc(NC(=O)[C@H](C)Oc2ccccc2CC)s1. The summed E-state index contributed by atoms with van der Waals surface area (Å²) in [5.41, 5.74) is 1.08. The number of hydrogen-bond donors (Lipinski definition) is 1. The molecule has 23 heavy (non-hydrogen) atoms. The number of amides is 1. The largest absolute Gasteiger partial charge is 0.481 e. The number of carbonyl (C=O) groups excluding carboxylic acids is 1. The van der Waals surface area contributed by atoms with E-state index in [1.807, 2.05) is 24.3 Å². The highest BCUT2D eigenvalue weighted by atomic mass is 32.2. The van der Waals surface area contributed by atoms with E-state index < -0.39 is 6.10 Å². The summed E-state index contributed by atoms with van der Waals surface area (Å²) in [4.78, 5) is 12.2. The highest BCUT2D eigenvalue weighted by Crippen LogP contribution is 2.26. The summed E-state index contributed by atoms with van der Waals surface area (Å²) in [5, 5.41) is 11.2. The fourth-order valence-electron chi connectivity index (χ4n) is 1.81. The van der Waals surface area contributed by atoms with Gasteiger partial charge in [-0.25, -0.2) is 0 Å². The standard InChI is InChI=1S/C16H19N3O2S2/c1-4-10-22-16-19-18-15(23-16)17-14(20)11(3)21-13-9-7-6-8-12(13)5-2/h4,6-9,11H,1,5,10H2,2-3H3,(H,17,18,20)/t11-/m0/s1. The molecule has 0 aliphatic rings. The van der Waals surface area contributed by atoms with Crippen molar-refractivity contribution in [1.82, 2.24) is 10.2 Å². The molecule has 122 valence electrons. The van der Waals surface area contributed by atoms with E-state index in [0.29, 0.717) is 5.13 Å². The molecule has 0 aliphatic heterocycles. The van der Waals surface area contributed by atoms with Crippen LogP contribution in [-0.4, -0.2) is 28.0 Å². The zero-order valence-electron chi connectivity index (χ0n) is 13.1. The number of benzene rings is 1. The van der Waals surface area contributed by atoms with Gasteiger partial charge in [-0.15, -0.1) is 16.8 Å². The van der Waals surface area contributed by atoms with E-state index in [1.165, 1.54) is 23.1 Å². The Morgan fingerprint density at radius 3 is 3.00 bits per heavy atom. The first kappa shape index (κ1) is 17.5. The van der Waals surface area contributed by atoms with Crippen molar-refractivity contribution in [3.05, 3.63) is 42.5 Å². The molecule has 0 unspecified atom stereocenters. The highest BCUT2D eigenvalue weighted by Gasteiger charge is 2.18. The van der Waals surface area contributed by atoms with E-state index in [9.17, 15) is 4.79 Å². The van der Waals surface area contributed by atoms with E-state index in [2.05, 4.69) is 29.0 Å². The molecule has 0 saturated carbocycles. The molecule has 1 N–H and O–H groups in total. The molecule has 1 amide bonds. The van der Waals surface area contributed by atoms with Gasteiger partial charge in [0.15, 0.2) is 10.4 Å². The maximum absolute atomic E-state index is 12.2. The summed E-state index contributed by atoms with van der Waals surface area (Å²) >= 11 is 2.87. The molecule has 1 atom stereocenters. The number of aromatic nitrogens is 2. The molecule has 7 heteroatoms. The molecule has 0 radical (unpaired) electrons. The Morgan fingerprint density at radius 1 is 1.48 bits per heavy atom. The van der Waals surface area contributed by atoms with Gasteiger partial charge >= 0.3 is 0 Å². The van der Waals surface area contributed by atoms with Crippen LogP contribution in [0.5, 0.6) is 5.75 Å². The maximum atomic E-state index is 12.2. The van der Waals surface area contributed by atoms with Crippen molar-refractivity contribution < 1.29 is 9.53 Å². The Labute approximate surface area is 144 Å². The number of thioether (sulfide) groups is 1. The smallest absolute Gasteiger partial charge is 0.266 e. The first-order valence-electron chi connectivity index (χ1n) is 7.26. The van der Waals surface area contributed by atoms with Crippen molar-refractivity contribution in [1.29, 1.82) is 0 Å². The second-order valence-electron chi connectivity index (χ2n) is 4.68. The number of para-hydroxylation sites is 1. The van der Waals surface area contributed by atoms with E-state index in [4.69, 9.17) is 4.74 Å². The Hall–Kier alpha value is -1.86.